The first-order chi connectivity index (χ1) is 10.7. The van der Waals surface area contributed by atoms with Gasteiger partial charge in [0.05, 0.1) is 18.4 Å². The highest BCUT2D eigenvalue weighted by atomic mass is 79.9. The molecule has 0 unspecified atom stereocenters. The summed E-state index contributed by atoms with van der Waals surface area (Å²) in [5.74, 6) is 0. The lowest BCUT2D eigenvalue weighted by molar-refractivity contribution is -0.661. The third-order valence-electron chi connectivity index (χ3n) is 4.00. The number of aryl methyl sites for hydroxylation is 1. The standard InChI is InChI=1S/C18H14BrN2O/c19-14-5-3-4-13(10-14)11-15-8-9-20-17-7-2-1-6-16(17)18(22)12-21(15)20/h1-7,10-12H,8-9H2/q+1/b15-11+. The minimum Gasteiger partial charge on any atom is -0.282 e. The van der Waals surface area contributed by atoms with Crippen LogP contribution in [0.25, 0.3) is 22.7 Å². The molecule has 0 N–H and O–H groups in total. The lowest BCUT2D eigenvalue weighted by Gasteiger charge is -2.02. The predicted molar refractivity (Wildman–Crippen MR) is 91.3 cm³/mol. The first kappa shape index (κ1) is 13.5. The van der Waals surface area contributed by atoms with Gasteiger partial charge in [0.2, 0.25) is 11.9 Å². The van der Waals surface area contributed by atoms with Crippen molar-refractivity contribution in [3.05, 3.63) is 75.0 Å². The van der Waals surface area contributed by atoms with Crippen molar-refractivity contribution < 1.29 is 4.68 Å². The Labute approximate surface area is 136 Å². The van der Waals surface area contributed by atoms with E-state index in [2.05, 4.69) is 38.8 Å². The van der Waals surface area contributed by atoms with Crippen molar-refractivity contribution in [2.75, 3.05) is 0 Å². The monoisotopic (exact) mass is 353 g/mol. The second-order valence-electron chi connectivity index (χ2n) is 5.42. The quantitative estimate of drug-likeness (QED) is 0.615. The molecule has 22 heavy (non-hydrogen) atoms. The molecule has 0 atom stereocenters. The number of hydrogen-bond acceptors (Lipinski definition) is 1. The van der Waals surface area contributed by atoms with Crippen molar-refractivity contribution in [3.8, 4) is 0 Å². The molecule has 2 heterocycles. The lowest BCUT2D eigenvalue weighted by atomic mass is 10.2. The molecule has 2 aromatic carbocycles. The molecule has 0 bridgehead atoms. The van der Waals surface area contributed by atoms with E-state index >= 15 is 0 Å². The molecule has 0 amide bonds. The molecule has 0 fully saturated rings. The maximum absolute atomic E-state index is 12.3. The van der Waals surface area contributed by atoms with Gasteiger partial charge in [-0.25, -0.2) is 0 Å². The van der Waals surface area contributed by atoms with Gasteiger partial charge in [-0.15, -0.1) is 4.68 Å². The average Bonchev–Trinajstić information content (AvgIpc) is 2.91. The molecule has 0 saturated carbocycles. The Hall–Kier alpha value is -2.20. The first-order valence-electron chi connectivity index (χ1n) is 7.23. The van der Waals surface area contributed by atoms with Crippen LogP contribution in [0.4, 0.5) is 0 Å². The summed E-state index contributed by atoms with van der Waals surface area (Å²) in [6, 6.07) is 16.0. The Morgan fingerprint density at radius 2 is 2.00 bits per heavy atom. The summed E-state index contributed by atoms with van der Waals surface area (Å²) < 4.78 is 5.22. The first-order valence-corrected chi connectivity index (χ1v) is 8.03. The van der Waals surface area contributed by atoms with Crippen LogP contribution in [0, 0.1) is 0 Å². The number of rotatable bonds is 1. The van der Waals surface area contributed by atoms with Crippen molar-refractivity contribution in [1.82, 2.24) is 4.68 Å². The number of halogens is 1. The van der Waals surface area contributed by atoms with Crippen LogP contribution in [0.5, 0.6) is 0 Å². The van der Waals surface area contributed by atoms with E-state index in [4.69, 9.17) is 0 Å². The molecule has 3 aromatic rings. The normalized spacial score (nSPS) is 15.4. The van der Waals surface area contributed by atoms with E-state index in [0.717, 1.165) is 39.6 Å². The second-order valence-corrected chi connectivity index (χ2v) is 6.33. The molecular formula is C18H14BrN2O+. The van der Waals surface area contributed by atoms with Gasteiger partial charge in [-0.1, -0.05) is 44.9 Å². The third-order valence-corrected chi connectivity index (χ3v) is 4.50. The summed E-state index contributed by atoms with van der Waals surface area (Å²) in [5.41, 5.74) is 3.33. The fourth-order valence-corrected chi connectivity index (χ4v) is 3.42. The zero-order valence-electron chi connectivity index (χ0n) is 11.9. The van der Waals surface area contributed by atoms with E-state index in [1.54, 1.807) is 6.20 Å². The van der Waals surface area contributed by atoms with Gasteiger partial charge in [-0.2, -0.15) is 0 Å². The van der Waals surface area contributed by atoms with Gasteiger partial charge < -0.3 is 0 Å². The largest absolute Gasteiger partial charge is 0.282 e. The molecule has 4 heteroatoms. The van der Waals surface area contributed by atoms with E-state index < -0.39 is 0 Å². The number of fused-ring (bicyclic) bond motifs is 3. The van der Waals surface area contributed by atoms with Crippen molar-refractivity contribution in [2.45, 2.75) is 13.0 Å². The van der Waals surface area contributed by atoms with E-state index in [1.165, 1.54) is 0 Å². The summed E-state index contributed by atoms with van der Waals surface area (Å²) in [7, 11) is 0. The summed E-state index contributed by atoms with van der Waals surface area (Å²) in [5, 5.41) is 0.780. The molecule has 108 valence electrons. The zero-order valence-corrected chi connectivity index (χ0v) is 13.5. The van der Waals surface area contributed by atoms with Crippen LogP contribution >= 0.6 is 15.9 Å². The molecule has 1 aromatic heterocycles. The van der Waals surface area contributed by atoms with Crippen molar-refractivity contribution >= 4 is 38.6 Å². The van der Waals surface area contributed by atoms with E-state index in [1.807, 2.05) is 41.1 Å². The highest BCUT2D eigenvalue weighted by Crippen LogP contribution is 2.20. The zero-order chi connectivity index (χ0) is 15.1. The van der Waals surface area contributed by atoms with Gasteiger partial charge in [0.1, 0.15) is 5.52 Å². The van der Waals surface area contributed by atoms with Crippen LogP contribution in [-0.4, -0.2) is 4.68 Å². The Balaban J connectivity index is 1.91. The van der Waals surface area contributed by atoms with E-state index in [-0.39, 0.29) is 5.43 Å². The van der Waals surface area contributed by atoms with Crippen molar-refractivity contribution in [2.24, 2.45) is 0 Å². The Morgan fingerprint density at radius 3 is 2.86 bits per heavy atom. The summed E-state index contributed by atoms with van der Waals surface area (Å²) >= 11 is 3.50. The maximum Gasteiger partial charge on any atom is 0.254 e. The molecule has 1 aliphatic heterocycles. The smallest absolute Gasteiger partial charge is 0.254 e. The van der Waals surface area contributed by atoms with Crippen LogP contribution in [0.15, 0.2) is 64.0 Å². The summed E-state index contributed by atoms with van der Waals surface area (Å²) in [6.45, 7) is 0.890. The lowest BCUT2D eigenvalue weighted by Crippen LogP contribution is -2.42. The number of benzene rings is 2. The summed E-state index contributed by atoms with van der Waals surface area (Å²) in [4.78, 5) is 12.3. The SMILES string of the molecule is O=c1c[n+]2n(c3ccccc13)CC/C2=C\c1cccc(Br)c1. The minimum absolute atomic E-state index is 0.0638. The third kappa shape index (κ3) is 2.20. The fourth-order valence-electron chi connectivity index (χ4n) is 3.00. The van der Waals surface area contributed by atoms with Crippen LogP contribution in [0.1, 0.15) is 12.0 Å². The topological polar surface area (TPSA) is 25.9 Å². The molecule has 0 radical (unpaired) electrons. The maximum atomic E-state index is 12.3. The van der Waals surface area contributed by atoms with Crippen LogP contribution in [-0.2, 0) is 6.54 Å². The number of hydrogen-bond donors (Lipinski definition) is 0. The van der Waals surface area contributed by atoms with E-state index in [9.17, 15) is 4.79 Å². The highest BCUT2D eigenvalue weighted by Gasteiger charge is 2.26. The van der Waals surface area contributed by atoms with Crippen LogP contribution < -0.4 is 10.1 Å². The molecule has 3 nitrogen and oxygen atoms in total. The molecule has 0 spiro atoms. The summed E-state index contributed by atoms with van der Waals surface area (Å²) in [6.07, 6.45) is 4.76. The Kier molecular flexibility index (Phi) is 3.19. The average molecular weight is 354 g/mol. The van der Waals surface area contributed by atoms with Crippen molar-refractivity contribution in [1.29, 1.82) is 0 Å². The second kappa shape index (κ2) is 5.21. The van der Waals surface area contributed by atoms with Crippen LogP contribution in [0.2, 0.25) is 0 Å². The van der Waals surface area contributed by atoms with Gasteiger partial charge in [-0.3, -0.25) is 4.79 Å². The van der Waals surface area contributed by atoms with Gasteiger partial charge in [-0.05, 0) is 29.8 Å². The molecule has 0 aliphatic carbocycles. The van der Waals surface area contributed by atoms with E-state index in [0.29, 0.717) is 0 Å². The molecule has 1 aliphatic rings. The van der Waals surface area contributed by atoms with Crippen molar-refractivity contribution in [3.63, 3.8) is 0 Å². The predicted octanol–water partition coefficient (Wildman–Crippen LogP) is 3.45. The van der Waals surface area contributed by atoms with Gasteiger partial charge in [0.15, 0.2) is 0 Å². The molecular weight excluding hydrogens is 340 g/mol. The number of para-hydroxylation sites is 1. The van der Waals surface area contributed by atoms with Crippen LogP contribution in [0.3, 0.4) is 0 Å². The highest BCUT2D eigenvalue weighted by molar-refractivity contribution is 9.10. The van der Waals surface area contributed by atoms with Gasteiger partial charge in [0, 0.05) is 10.5 Å². The number of aromatic nitrogens is 2. The Bertz CT molecular complexity index is 972. The fraction of sp³-hybridized carbons (Fsp3) is 0.111. The van der Waals surface area contributed by atoms with Gasteiger partial charge in [0.25, 0.3) is 5.43 Å². The molecule has 0 saturated heterocycles. The number of nitrogens with zero attached hydrogens (tertiary/aromatic N) is 2. The van der Waals surface area contributed by atoms with Gasteiger partial charge >= 0.3 is 0 Å². The minimum atomic E-state index is 0.0638. The molecule has 4 rings (SSSR count). The number of allylic oxidation sites excluding steroid dienone is 1. The Morgan fingerprint density at radius 1 is 1.14 bits per heavy atom.